The number of carbonyl (C=O) groups excluding carboxylic acids is 2. The Labute approximate surface area is 159 Å². The summed E-state index contributed by atoms with van der Waals surface area (Å²) in [5.41, 5.74) is 1.65. The molecule has 0 unspecified atom stereocenters. The van der Waals surface area contributed by atoms with Gasteiger partial charge in [0.05, 0.1) is 16.7 Å². The number of carbonyl (C=O) groups is 2. The van der Waals surface area contributed by atoms with Gasteiger partial charge in [-0.05, 0) is 43.2 Å². The predicted molar refractivity (Wildman–Crippen MR) is 100 cm³/mol. The highest BCUT2D eigenvalue weighted by molar-refractivity contribution is 6.31. The summed E-state index contributed by atoms with van der Waals surface area (Å²) >= 11 is 6.07. The molecule has 2 aromatic carbocycles. The standard InChI is InChI=1S/C19H16ClN3O4/c20-11-8-9-13(21-16(24)6-3-7-17(25)26)12(10-11)18-19(27)23-15-5-2-1-4-14(15)22-18/h1-2,4-5,8-10H,3,6-7H2,(H,21,24)(H,23,27)(H,25,26)/p-1. The van der Waals surface area contributed by atoms with Gasteiger partial charge in [-0.2, -0.15) is 0 Å². The van der Waals surface area contributed by atoms with E-state index in [1.165, 1.54) is 0 Å². The Morgan fingerprint density at radius 3 is 2.70 bits per heavy atom. The molecule has 0 atom stereocenters. The number of hydrogen-bond donors (Lipinski definition) is 2. The second-order valence-corrected chi connectivity index (χ2v) is 6.33. The summed E-state index contributed by atoms with van der Waals surface area (Å²) in [6.45, 7) is 0. The molecule has 1 amide bonds. The number of anilines is 1. The van der Waals surface area contributed by atoms with Crippen LogP contribution in [0, 0.1) is 0 Å². The van der Waals surface area contributed by atoms with Gasteiger partial charge in [-0.25, -0.2) is 4.98 Å². The topological polar surface area (TPSA) is 115 Å². The largest absolute Gasteiger partial charge is 0.550 e. The van der Waals surface area contributed by atoms with E-state index in [1.807, 2.05) is 0 Å². The molecule has 0 spiro atoms. The van der Waals surface area contributed by atoms with Gasteiger partial charge in [0, 0.05) is 23.0 Å². The minimum atomic E-state index is -1.21. The van der Waals surface area contributed by atoms with Crippen LogP contribution in [-0.4, -0.2) is 21.8 Å². The van der Waals surface area contributed by atoms with Gasteiger partial charge in [0.25, 0.3) is 5.56 Å². The molecule has 0 aliphatic heterocycles. The van der Waals surface area contributed by atoms with Crippen molar-refractivity contribution in [2.24, 2.45) is 0 Å². The monoisotopic (exact) mass is 384 g/mol. The Kier molecular flexibility index (Phi) is 5.52. The number of hydrogen-bond acceptors (Lipinski definition) is 5. The van der Waals surface area contributed by atoms with Crippen LogP contribution in [0.1, 0.15) is 19.3 Å². The molecule has 1 aromatic heterocycles. The Morgan fingerprint density at radius 1 is 1.15 bits per heavy atom. The number of amides is 1. The first-order chi connectivity index (χ1) is 12.9. The van der Waals surface area contributed by atoms with E-state index < -0.39 is 11.5 Å². The third kappa shape index (κ3) is 4.51. The molecule has 0 saturated heterocycles. The fourth-order valence-electron chi connectivity index (χ4n) is 2.64. The Balaban J connectivity index is 1.95. The van der Waals surface area contributed by atoms with E-state index in [4.69, 9.17) is 11.6 Å². The zero-order valence-corrected chi connectivity index (χ0v) is 14.9. The summed E-state index contributed by atoms with van der Waals surface area (Å²) in [6, 6.07) is 11.8. The summed E-state index contributed by atoms with van der Waals surface area (Å²) in [5.74, 6) is -1.58. The zero-order valence-electron chi connectivity index (χ0n) is 14.1. The molecule has 0 saturated carbocycles. The van der Waals surface area contributed by atoms with E-state index in [2.05, 4.69) is 15.3 Å². The normalized spacial score (nSPS) is 10.7. The van der Waals surface area contributed by atoms with Crippen molar-refractivity contribution in [1.29, 1.82) is 0 Å². The third-order valence-corrected chi connectivity index (χ3v) is 4.13. The van der Waals surface area contributed by atoms with Crippen LogP contribution in [0.3, 0.4) is 0 Å². The number of carboxylic acids is 1. The number of nitrogens with one attached hydrogen (secondary N) is 2. The summed E-state index contributed by atoms with van der Waals surface area (Å²) in [4.78, 5) is 42.2. The maximum absolute atomic E-state index is 12.5. The molecule has 27 heavy (non-hydrogen) atoms. The molecule has 7 nitrogen and oxygen atoms in total. The molecule has 3 aromatic rings. The van der Waals surface area contributed by atoms with Gasteiger partial charge < -0.3 is 20.2 Å². The minimum absolute atomic E-state index is 0.0115. The lowest BCUT2D eigenvalue weighted by Gasteiger charge is -2.12. The van der Waals surface area contributed by atoms with E-state index in [0.29, 0.717) is 27.3 Å². The molecule has 3 rings (SSSR count). The van der Waals surface area contributed by atoms with Crippen LogP contribution in [0.25, 0.3) is 22.3 Å². The van der Waals surface area contributed by atoms with Crippen molar-refractivity contribution in [1.82, 2.24) is 9.97 Å². The number of fused-ring (bicyclic) bond motifs is 1. The van der Waals surface area contributed by atoms with Crippen molar-refractivity contribution < 1.29 is 14.7 Å². The van der Waals surface area contributed by atoms with Crippen LogP contribution in [0.4, 0.5) is 5.69 Å². The van der Waals surface area contributed by atoms with Crippen molar-refractivity contribution in [2.45, 2.75) is 19.3 Å². The molecular weight excluding hydrogens is 370 g/mol. The van der Waals surface area contributed by atoms with Gasteiger partial charge in [0.15, 0.2) is 0 Å². The van der Waals surface area contributed by atoms with Crippen molar-refractivity contribution in [3.8, 4) is 11.3 Å². The van der Waals surface area contributed by atoms with E-state index in [-0.39, 0.29) is 30.9 Å². The number of halogens is 1. The maximum atomic E-state index is 12.5. The molecule has 0 radical (unpaired) electrons. The average Bonchev–Trinajstić information content (AvgIpc) is 2.62. The second kappa shape index (κ2) is 8.01. The zero-order chi connectivity index (χ0) is 19.4. The van der Waals surface area contributed by atoms with Crippen molar-refractivity contribution >= 4 is 40.2 Å². The van der Waals surface area contributed by atoms with Gasteiger partial charge >= 0.3 is 0 Å². The van der Waals surface area contributed by atoms with Crippen molar-refractivity contribution in [3.63, 3.8) is 0 Å². The van der Waals surface area contributed by atoms with E-state index >= 15 is 0 Å². The number of para-hydroxylation sites is 2. The average molecular weight is 385 g/mol. The van der Waals surface area contributed by atoms with Crippen LogP contribution in [-0.2, 0) is 9.59 Å². The summed E-state index contributed by atoms with van der Waals surface area (Å²) < 4.78 is 0. The maximum Gasteiger partial charge on any atom is 0.275 e. The van der Waals surface area contributed by atoms with E-state index in [9.17, 15) is 19.5 Å². The third-order valence-electron chi connectivity index (χ3n) is 3.90. The SMILES string of the molecule is O=C([O-])CCCC(=O)Nc1ccc(Cl)cc1-c1nc2ccccc2[nH]c1=O. The number of benzene rings is 2. The van der Waals surface area contributed by atoms with Gasteiger partial charge in [-0.3, -0.25) is 9.59 Å². The van der Waals surface area contributed by atoms with Crippen molar-refractivity contribution in [3.05, 3.63) is 57.8 Å². The number of rotatable bonds is 6. The minimum Gasteiger partial charge on any atom is -0.550 e. The highest BCUT2D eigenvalue weighted by atomic mass is 35.5. The predicted octanol–water partition coefficient (Wildman–Crippen LogP) is 2.10. The van der Waals surface area contributed by atoms with Gasteiger partial charge in [0.1, 0.15) is 5.69 Å². The van der Waals surface area contributed by atoms with Gasteiger partial charge in [-0.15, -0.1) is 0 Å². The van der Waals surface area contributed by atoms with Crippen molar-refractivity contribution in [2.75, 3.05) is 5.32 Å². The molecule has 0 aliphatic carbocycles. The second-order valence-electron chi connectivity index (χ2n) is 5.90. The van der Waals surface area contributed by atoms with Gasteiger partial charge in [-0.1, -0.05) is 23.7 Å². The molecule has 2 N–H and O–H groups in total. The first-order valence-corrected chi connectivity index (χ1v) is 8.60. The summed E-state index contributed by atoms with van der Waals surface area (Å²) in [6.07, 6.45) is -0.0315. The van der Waals surface area contributed by atoms with Gasteiger partial charge in [0.2, 0.25) is 5.91 Å². The number of aromatic nitrogens is 2. The van der Waals surface area contributed by atoms with Crippen LogP contribution in [0.2, 0.25) is 5.02 Å². The van der Waals surface area contributed by atoms with Crippen LogP contribution >= 0.6 is 11.6 Å². The Bertz CT molecular complexity index is 1080. The van der Waals surface area contributed by atoms with Crippen LogP contribution in [0.15, 0.2) is 47.3 Å². The number of carboxylic acid groups (broad SMARTS) is 1. The number of H-pyrrole nitrogens is 1. The molecule has 138 valence electrons. The molecule has 0 bridgehead atoms. The smallest absolute Gasteiger partial charge is 0.275 e. The lowest BCUT2D eigenvalue weighted by atomic mass is 10.1. The lowest BCUT2D eigenvalue weighted by molar-refractivity contribution is -0.305. The lowest BCUT2D eigenvalue weighted by Crippen LogP contribution is -2.22. The quantitative estimate of drug-likeness (QED) is 0.675. The fourth-order valence-corrected chi connectivity index (χ4v) is 2.81. The number of aromatic amines is 1. The van der Waals surface area contributed by atoms with Crippen LogP contribution in [0.5, 0.6) is 0 Å². The molecule has 0 aliphatic rings. The first-order valence-electron chi connectivity index (χ1n) is 8.23. The Morgan fingerprint density at radius 2 is 1.93 bits per heavy atom. The van der Waals surface area contributed by atoms with E-state index in [1.54, 1.807) is 42.5 Å². The number of nitrogens with zero attached hydrogens (tertiary/aromatic N) is 1. The molecular formula is C19H15ClN3O4-. The highest BCUT2D eigenvalue weighted by Crippen LogP contribution is 2.28. The molecule has 0 fully saturated rings. The fraction of sp³-hybridized carbons (Fsp3) is 0.158. The van der Waals surface area contributed by atoms with E-state index in [0.717, 1.165) is 0 Å². The van der Waals surface area contributed by atoms with Crippen LogP contribution < -0.4 is 16.0 Å². The summed E-state index contributed by atoms with van der Waals surface area (Å²) in [5, 5.41) is 13.5. The molecule has 8 heteroatoms. The first kappa shape index (κ1) is 18.6. The Hall–Kier alpha value is -3.19. The molecule has 1 heterocycles. The summed E-state index contributed by atoms with van der Waals surface area (Å²) in [7, 11) is 0. The number of aliphatic carboxylic acids is 1. The highest BCUT2D eigenvalue weighted by Gasteiger charge is 2.14.